The van der Waals surface area contributed by atoms with Crippen molar-refractivity contribution in [3.8, 4) is 0 Å². The van der Waals surface area contributed by atoms with Gasteiger partial charge in [-0.25, -0.2) is 4.98 Å². The quantitative estimate of drug-likeness (QED) is 0.647. The first-order valence-corrected chi connectivity index (χ1v) is 5.41. The summed E-state index contributed by atoms with van der Waals surface area (Å²) in [5, 5.41) is 3.27. The Hall–Kier alpha value is -1.17. The first kappa shape index (κ1) is 10.9. The fraction of sp³-hybridized carbons (Fsp3) is 0.500. The molecule has 0 saturated heterocycles. The molecule has 0 aliphatic carbocycles. The third kappa shape index (κ3) is 2.95. The van der Waals surface area contributed by atoms with Gasteiger partial charge in [0.05, 0.1) is 11.6 Å². The maximum Gasteiger partial charge on any atom is 0.275 e. The zero-order valence-electron chi connectivity index (χ0n) is 8.20. The van der Waals surface area contributed by atoms with Crippen molar-refractivity contribution >= 4 is 23.4 Å². The Morgan fingerprint density at radius 2 is 2.50 bits per heavy atom. The van der Waals surface area contributed by atoms with Crippen LogP contribution >= 0.6 is 11.8 Å². The number of nitrogens with one attached hydrogen (secondary N) is 2. The lowest BCUT2D eigenvalue weighted by Crippen LogP contribution is -2.19. The van der Waals surface area contributed by atoms with Crippen molar-refractivity contribution < 1.29 is 0 Å². The van der Waals surface area contributed by atoms with E-state index in [0.717, 1.165) is 5.75 Å². The Balaban J connectivity index is 2.68. The van der Waals surface area contributed by atoms with Gasteiger partial charge in [-0.3, -0.25) is 9.78 Å². The summed E-state index contributed by atoms with van der Waals surface area (Å²) in [5.74, 6) is 1.46. The highest BCUT2D eigenvalue weighted by atomic mass is 32.2. The number of H-pyrrole nitrogens is 1. The van der Waals surface area contributed by atoms with E-state index in [9.17, 15) is 4.79 Å². The largest absolute Gasteiger partial charge is 0.393 e. The molecule has 78 valence electrons. The minimum atomic E-state index is -0.309. The van der Waals surface area contributed by atoms with E-state index in [1.54, 1.807) is 11.8 Å². The number of hydrogen-bond donors (Lipinski definition) is 3. The van der Waals surface area contributed by atoms with Gasteiger partial charge >= 0.3 is 0 Å². The molecule has 1 unspecified atom stereocenters. The number of rotatable bonds is 4. The van der Waals surface area contributed by atoms with Crippen molar-refractivity contribution in [1.82, 2.24) is 9.97 Å². The molecule has 0 saturated carbocycles. The van der Waals surface area contributed by atoms with E-state index in [4.69, 9.17) is 5.73 Å². The molecule has 0 aromatic carbocycles. The minimum Gasteiger partial charge on any atom is -0.393 e. The van der Waals surface area contributed by atoms with Crippen LogP contribution in [-0.4, -0.2) is 21.1 Å². The Morgan fingerprint density at radius 3 is 3.07 bits per heavy atom. The smallest absolute Gasteiger partial charge is 0.275 e. The molecular formula is C8H14N4OS. The van der Waals surface area contributed by atoms with Crippen LogP contribution in [0.3, 0.4) is 0 Å². The Labute approximate surface area is 86.5 Å². The van der Waals surface area contributed by atoms with Crippen molar-refractivity contribution in [3.63, 3.8) is 0 Å². The fourth-order valence-electron chi connectivity index (χ4n) is 0.962. The summed E-state index contributed by atoms with van der Waals surface area (Å²) in [4.78, 5) is 17.6. The van der Waals surface area contributed by atoms with E-state index in [1.807, 2.05) is 6.92 Å². The predicted molar refractivity (Wildman–Crippen MR) is 60.5 cm³/mol. The number of aromatic amines is 1. The summed E-state index contributed by atoms with van der Waals surface area (Å²) in [6.07, 6.45) is 1.35. The van der Waals surface area contributed by atoms with Crippen molar-refractivity contribution in [2.45, 2.75) is 19.2 Å². The Morgan fingerprint density at radius 1 is 1.79 bits per heavy atom. The van der Waals surface area contributed by atoms with E-state index in [0.29, 0.717) is 5.95 Å². The fourth-order valence-corrected chi connectivity index (χ4v) is 1.66. The molecule has 4 N–H and O–H groups in total. The van der Waals surface area contributed by atoms with Crippen LogP contribution in [0.1, 0.15) is 13.8 Å². The third-order valence-corrected chi connectivity index (χ3v) is 2.53. The highest BCUT2D eigenvalue weighted by Crippen LogP contribution is 2.10. The van der Waals surface area contributed by atoms with Gasteiger partial charge in [0.1, 0.15) is 5.69 Å². The molecule has 0 aliphatic heterocycles. The summed E-state index contributed by atoms with van der Waals surface area (Å²) < 4.78 is 0. The average molecular weight is 214 g/mol. The second-order valence-corrected chi connectivity index (χ2v) is 4.38. The van der Waals surface area contributed by atoms with Crippen molar-refractivity contribution in [2.75, 3.05) is 16.8 Å². The van der Waals surface area contributed by atoms with Gasteiger partial charge < -0.3 is 11.1 Å². The molecule has 5 nitrogen and oxygen atoms in total. The monoisotopic (exact) mass is 214 g/mol. The molecule has 0 spiro atoms. The molecule has 1 heterocycles. The zero-order chi connectivity index (χ0) is 10.6. The normalized spacial score (nSPS) is 12.4. The van der Waals surface area contributed by atoms with Crippen LogP contribution in [0.5, 0.6) is 0 Å². The maximum absolute atomic E-state index is 11.1. The number of nitrogens with two attached hydrogens (primary N) is 1. The van der Waals surface area contributed by atoms with Crippen molar-refractivity contribution in [2.24, 2.45) is 0 Å². The van der Waals surface area contributed by atoms with Crippen LogP contribution < -0.4 is 16.6 Å². The molecule has 1 atom stereocenters. The molecule has 1 aromatic rings. The van der Waals surface area contributed by atoms with Crippen LogP contribution in [0.25, 0.3) is 0 Å². The van der Waals surface area contributed by atoms with E-state index in [-0.39, 0.29) is 16.6 Å². The van der Waals surface area contributed by atoms with Crippen LogP contribution in [0, 0.1) is 0 Å². The maximum atomic E-state index is 11.1. The number of thioether (sulfide) groups is 1. The molecule has 0 bridgehead atoms. The molecule has 1 aromatic heterocycles. The second-order valence-electron chi connectivity index (χ2n) is 2.76. The van der Waals surface area contributed by atoms with E-state index < -0.39 is 0 Å². The lowest BCUT2D eigenvalue weighted by atomic mass is 10.5. The van der Waals surface area contributed by atoms with Gasteiger partial charge in [0.15, 0.2) is 0 Å². The lowest BCUT2D eigenvalue weighted by Gasteiger charge is -2.12. The highest BCUT2D eigenvalue weighted by molar-refractivity contribution is 7.99. The van der Waals surface area contributed by atoms with Gasteiger partial charge in [0.2, 0.25) is 5.95 Å². The van der Waals surface area contributed by atoms with Gasteiger partial charge in [0, 0.05) is 0 Å². The Kier molecular flexibility index (Phi) is 3.82. The van der Waals surface area contributed by atoms with Gasteiger partial charge in [-0.05, 0) is 12.7 Å². The molecule has 0 amide bonds. The van der Waals surface area contributed by atoms with Crippen LogP contribution in [-0.2, 0) is 0 Å². The zero-order valence-corrected chi connectivity index (χ0v) is 9.02. The third-order valence-electron chi connectivity index (χ3n) is 1.58. The minimum absolute atomic E-state index is 0.131. The number of aromatic nitrogens is 2. The number of hydrogen-bond acceptors (Lipinski definition) is 5. The van der Waals surface area contributed by atoms with Gasteiger partial charge in [-0.2, -0.15) is 0 Å². The van der Waals surface area contributed by atoms with E-state index in [1.165, 1.54) is 6.20 Å². The van der Waals surface area contributed by atoms with Gasteiger partial charge in [-0.15, -0.1) is 11.8 Å². The predicted octanol–water partition coefficient (Wildman–Crippen LogP) is 0.863. The van der Waals surface area contributed by atoms with Crippen LogP contribution in [0.2, 0.25) is 0 Å². The summed E-state index contributed by atoms with van der Waals surface area (Å²) >= 11 is 1.73. The highest BCUT2D eigenvalue weighted by Gasteiger charge is 2.03. The summed E-state index contributed by atoms with van der Waals surface area (Å²) in [6, 6.07) is 0. The SMILES string of the molecule is CCSC(C)Nc1ncc(N)c(=O)[nH]1. The molecule has 0 fully saturated rings. The molecule has 1 rings (SSSR count). The van der Waals surface area contributed by atoms with E-state index in [2.05, 4.69) is 22.2 Å². The van der Waals surface area contributed by atoms with Crippen LogP contribution in [0.15, 0.2) is 11.0 Å². The summed E-state index contributed by atoms with van der Waals surface area (Å²) in [6.45, 7) is 4.08. The number of anilines is 2. The average Bonchev–Trinajstić information content (AvgIpc) is 2.12. The second kappa shape index (κ2) is 4.90. The number of nitrogen functional groups attached to an aromatic ring is 1. The summed E-state index contributed by atoms with van der Waals surface area (Å²) in [7, 11) is 0. The standard InChI is InChI=1S/C8H14N4OS/c1-3-14-5(2)11-8-10-4-6(9)7(13)12-8/h4-5H,3,9H2,1-2H3,(H2,10,11,12,13). The molecular weight excluding hydrogens is 200 g/mol. The molecule has 14 heavy (non-hydrogen) atoms. The molecule has 0 aliphatic rings. The van der Waals surface area contributed by atoms with Gasteiger partial charge in [0.25, 0.3) is 5.56 Å². The molecule has 6 heteroatoms. The van der Waals surface area contributed by atoms with Crippen LogP contribution in [0.4, 0.5) is 11.6 Å². The first-order valence-electron chi connectivity index (χ1n) is 4.36. The number of nitrogens with zero attached hydrogens (tertiary/aromatic N) is 1. The first-order chi connectivity index (χ1) is 6.63. The van der Waals surface area contributed by atoms with Gasteiger partial charge in [-0.1, -0.05) is 6.92 Å². The lowest BCUT2D eigenvalue weighted by molar-refractivity contribution is 1.03. The Bertz CT molecular complexity index is 351. The molecule has 0 radical (unpaired) electrons. The summed E-state index contributed by atoms with van der Waals surface area (Å²) in [5.41, 5.74) is 5.16. The van der Waals surface area contributed by atoms with E-state index >= 15 is 0 Å². The topological polar surface area (TPSA) is 83.8 Å². The van der Waals surface area contributed by atoms with Crippen molar-refractivity contribution in [3.05, 3.63) is 16.6 Å². The van der Waals surface area contributed by atoms with Crippen molar-refractivity contribution in [1.29, 1.82) is 0 Å².